The second-order valence-electron chi connectivity index (χ2n) is 6.97. The third-order valence-electron chi connectivity index (χ3n) is 4.34. The molecule has 0 aliphatic rings. The van der Waals surface area contributed by atoms with Crippen LogP contribution < -0.4 is 9.47 Å². The van der Waals surface area contributed by atoms with Gasteiger partial charge in [-0.3, -0.25) is 0 Å². The highest BCUT2D eigenvalue weighted by Crippen LogP contribution is 2.37. The van der Waals surface area contributed by atoms with Gasteiger partial charge in [0.25, 0.3) is 0 Å². The molecule has 2 rings (SSSR count). The Balaban J connectivity index is 2.14. The molecule has 0 aliphatic carbocycles. The normalized spacial score (nSPS) is 14.0. The van der Waals surface area contributed by atoms with E-state index in [2.05, 4.69) is 0 Å². The predicted molar refractivity (Wildman–Crippen MR) is 126 cm³/mol. The third kappa shape index (κ3) is 7.88. The topological polar surface area (TPSA) is 127 Å². The van der Waals surface area contributed by atoms with Crippen LogP contribution >= 0.6 is 34.8 Å². The van der Waals surface area contributed by atoms with Crippen molar-refractivity contribution in [3.63, 3.8) is 0 Å². The molecule has 0 saturated carbocycles. The molecule has 0 heterocycles. The molecule has 0 spiro atoms. The number of aliphatic hydroxyl groups excluding tert-OH is 2. The van der Waals surface area contributed by atoms with Gasteiger partial charge in [0.15, 0.2) is 15.6 Å². The molecule has 0 unspecified atom stereocenters. The number of ether oxygens (including phenoxy) is 2. The molecule has 0 radical (unpaired) electrons. The molecule has 0 amide bonds. The lowest BCUT2D eigenvalue weighted by Gasteiger charge is -2.14. The van der Waals surface area contributed by atoms with Gasteiger partial charge >= 0.3 is 0 Å². The van der Waals surface area contributed by atoms with E-state index in [-0.39, 0.29) is 56.2 Å². The van der Waals surface area contributed by atoms with E-state index in [9.17, 15) is 27.0 Å². The average molecular weight is 562 g/mol. The highest BCUT2D eigenvalue weighted by molar-refractivity contribution is 7.91. The van der Waals surface area contributed by atoms with Crippen molar-refractivity contribution in [1.82, 2.24) is 0 Å². The minimum atomic E-state index is -3.99. The number of benzene rings is 2. The Bertz CT molecular complexity index is 1130. The quantitative estimate of drug-likeness (QED) is 0.379. The first-order valence-electron chi connectivity index (χ1n) is 9.62. The average Bonchev–Trinajstić information content (AvgIpc) is 2.76. The van der Waals surface area contributed by atoms with Crippen molar-refractivity contribution in [3.05, 3.63) is 46.4 Å². The molecule has 2 aromatic rings. The number of aliphatic hydroxyl groups is 2. The summed E-state index contributed by atoms with van der Waals surface area (Å²) in [5.74, 6) is -0.304. The molecule has 8 nitrogen and oxygen atoms in total. The van der Waals surface area contributed by atoms with Gasteiger partial charge in [-0.2, -0.15) is 0 Å². The van der Waals surface area contributed by atoms with Crippen LogP contribution in [0.15, 0.2) is 46.2 Å². The van der Waals surface area contributed by atoms with Crippen LogP contribution in [-0.2, 0) is 19.7 Å². The number of alkyl halides is 1. The highest BCUT2D eigenvalue weighted by atomic mass is 35.5. The van der Waals surface area contributed by atoms with Gasteiger partial charge in [-0.15, -0.1) is 11.6 Å². The van der Waals surface area contributed by atoms with Crippen LogP contribution in [-0.4, -0.2) is 69.9 Å². The van der Waals surface area contributed by atoms with Crippen LogP contribution in [0.25, 0.3) is 0 Å². The number of halogens is 3. The van der Waals surface area contributed by atoms with Gasteiger partial charge in [0.2, 0.25) is 9.84 Å². The monoisotopic (exact) mass is 560 g/mol. The zero-order chi connectivity index (χ0) is 24.8. The minimum absolute atomic E-state index is 0.0221. The Hall–Kier alpha value is -1.27. The van der Waals surface area contributed by atoms with Crippen LogP contribution in [0.3, 0.4) is 0 Å². The first-order valence-corrected chi connectivity index (χ1v) is 14.2. The van der Waals surface area contributed by atoms with Crippen LogP contribution in [0.4, 0.5) is 0 Å². The van der Waals surface area contributed by atoms with E-state index in [0.29, 0.717) is 0 Å². The predicted octanol–water partition coefficient (Wildman–Crippen LogP) is 2.98. The van der Waals surface area contributed by atoms with Crippen molar-refractivity contribution in [2.75, 3.05) is 30.6 Å². The van der Waals surface area contributed by atoms with Crippen molar-refractivity contribution in [1.29, 1.82) is 0 Å². The SMILES string of the molecule is CCS(=O)(=O)C[C@@H](O)COc1ccc(S(=O)(=O)c2cc(Cl)c(OC[C@@H](O)CCl)c(Cl)c2)cc1. The summed E-state index contributed by atoms with van der Waals surface area (Å²) in [7, 11) is -7.35. The Morgan fingerprint density at radius 1 is 0.879 bits per heavy atom. The smallest absolute Gasteiger partial charge is 0.206 e. The number of rotatable bonds is 12. The second kappa shape index (κ2) is 11.9. The van der Waals surface area contributed by atoms with Crippen molar-refractivity contribution in [2.45, 2.75) is 28.9 Å². The Morgan fingerprint density at radius 3 is 1.94 bits per heavy atom. The lowest BCUT2D eigenvalue weighted by molar-refractivity contribution is 0.125. The molecule has 0 aromatic heterocycles. The summed E-state index contributed by atoms with van der Waals surface area (Å²) < 4.78 is 59.7. The van der Waals surface area contributed by atoms with E-state index in [4.69, 9.17) is 44.3 Å². The maximum atomic E-state index is 13.0. The van der Waals surface area contributed by atoms with Gasteiger partial charge in [0.1, 0.15) is 31.2 Å². The number of sulfone groups is 2. The summed E-state index contributed by atoms with van der Waals surface area (Å²) >= 11 is 17.8. The highest BCUT2D eigenvalue weighted by Gasteiger charge is 2.22. The van der Waals surface area contributed by atoms with Gasteiger partial charge < -0.3 is 19.7 Å². The van der Waals surface area contributed by atoms with Crippen molar-refractivity contribution < 1.29 is 36.5 Å². The van der Waals surface area contributed by atoms with Gasteiger partial charge in [-0.1, -0.05) is 30.1 Å². The molecular weight excluding hydrogens is 539 g/mol. The molecule has 0 saturated heterocycles. The Morgan fingerprint density at radius 2 is 1.42 bits per heavy atom. The fourth-order valence-electron chi connectivity index (χ4n) is 2.56. The van der Waals surface area contributed by atoms with E-state index >= 15 is 0 Å². The molecule has 0 bridgehead atoms. The summed E-state index contributed by atoms with van der Waals surface area (Å²) in [6.45, 7) is 1.04. The zero-order valence-corrected chi connectivity index (χ0v) is 21.3. The summed E-state index contributed by atoms with van der Waals surface area (Å²) in [4.78, 5) is -0.237. The maximum Gasteiger partial charge on any atom is 0.206 e. The van der Waals surface area contributed by atoms with Crippen molar-refractivity contribution >= 4 is 54.5 Å². The van der Waals surface area contributed by atoms with Crippen molar-refractivity contribution in [3.8, 4) is 11.5 Å². The van der Waals surface area contributed by atoms with E-state index in [1.165, 1.54) is 43.3 Å². The Labute approximate surface area is 207 Å². The van der Waals surface area contributed by atoms with E-state index in [1.807, 2.05) is 0 Å². The van der Waals surface area contributed by atoms with E-state index < -0.39 is 37.6 Å². The number of hydrogen-bond donors (Lipinski definition) is 2. The fourth-order valence-corrected chi connectivity index (χ4v) is 5.60. The first kappa shape index (κ1) is 28.0. The zero-order valence-electron chi connectivity index (χ0n) is 17.4. The van der Waals surface area contributed by atoms with Gasteiger partial charge in [0, 0.05) is 5.75 Å². The van der Waals surface area contributed by atoms with Crippen molar-refractivity contribution in [2.24, 2.45) is 0 Å². The van der Waals surface area contributed by atoms with Gasteiger partial charge in [0.05, 0.1) is 31.5 Å². The molecule has 33 heavy (non-hydrogen) atoms. The van der Waals surface area contributed by atoms with E-state index in [0.717, 1.165) is 0 Å². The minimum Gasteiger partial charge on any atom is -0.491 e. The molecule has 0 aliphatic heterocycles. The van der Waals surface area contributed by atoms with E-state index in [1.54, 1.807) is 0 Å². The molecule has 2 aromatic carbocycles. The van der Waals surface area contributed by atoms with Crippen LogP contribution in [0.2, 0.25) is 10.0 Å². The third-order valence-corrected chi connectivity index (χ3v) is 8.78. The fraction of sp³-hybridized carbons (Fsp3) is 0.400. The summed E-state index contributed by atoms with van der Waals surface area (Å²) in [5, 5.41) is 19.2. The van der Waals surface area contributed by atoms with Crippen LogP contribution in [0, 0.1) is 0 Å². The second-order valence-corrected chi connectivity index (χ2v) is 12.4. The molecule has 0 fully saturated rings. The molecule has 2 atom stereocenters. The standard InChI is InChI=1S/C20H23Cl3O8S2/c1-2-32(26,27)12-14(25)11-30-15-3-5-16(6-4-15)33(28,29)17-7-18(22)20(19(23)8-17)31-10-13(24)9-21/h3-8,13-14,24-25H,2,9-12H2,1H3/t13-,14-/m0/s1. The van der Waals surface area contributed by atoms with Crippen LogP contribution in [0.5, 0.6) is 11.5 Å². The van der Waals surface area contributed by atoms with Gasteiger partial charge in [-0.05, 0) is 36.4 Å². The first-order chi connectivity index (χ1) is 15.4. The molecule has 2 N–H and O–H groups in total. The van der Waals surface area contributed by atoms with Gasteiger partial charge in [-0.25, -0.2) is 16.8 Å². The summed E-state index contributed by atoms with van der Waals surface area (Å²) in [5.41, 5.74) is 0. The Kier molecular flexibility index (Phi) is 10.1. The molecule has 13 heteroatoms. The summed E-state index contributed by atoms with van der Waals surface area (Å²) in [6, 6.07) is 7.70. The summed E-state index contributed by atoms with van der Waals surface area (Å²) in [6.07, 6.45) is -2.16. The number of hydrogen-bond acceptors (Lipinski definition) is 8. The molecular formula is C20H23Cl3O8S2. The lowest BCUT2D eigenvalue weighted by Crippen LogP contribution is -2.27. The lowest BCUT2D eigenvalue weighted by atomic mass is 10.3. The maximum absolute atomic E-state index is 13.0. The largest absolute Gasteiger partial charge is 0.491 e. The molecule has 184 valence electrons. The van der Waals surface area contributed by atoms with Crippen LogP contribution in [0.1, 0.15) is 6.92 Å².